The van der Waals surface area contributed by atoms with Gasteiger partial charge in [-0.2, -0.15) is 26.3 Å². The standard InChI is InChI=1S/C8H8.C4H6.C3F6/c1-2-8-6-4-3-5-7-8;1-3-4-2;4-1(2(5)6)3(7,8)9/h2-7H,1H2;3-4H,1-2H2;. The molecule has 0 aliphatic rings. The van der Waals surface area contributed by atoms with Gasteiger partial charge in [-0.15, -0.1) is 0 Å². The van der Waals surface area contributed by atoms with Gasteiger partial charge >= 0.3 is 12.3 Å². The van der Waals surface area contributed by atoms with Crippen LogP contribution in [0.1, 0.15) is 5.56 Å². The van der Waals surface area contributed by atoms with Crippen molar-refractivity contribution in [2.24, 2.45) is 0 Å². The second-order valence-corrected chi connectivity index (χ2v) is 3.16. The first-order chi connectivity index (χ1) is 9.70. The van der Waals surface area contributed by atoms with E-state index in [-0.39, 0.29) is 0 Å². The number of hydrogen-bond donors (Lipinski definition) is 0. The monoisotopic (exact) mass is 308 g/mol. The Morgan fingerprint density at radius 2 is 1.29 bits per heavy atom. The van der Waals surface area contributed by atoms with Crippen molar-refractivity contribution in [1.82, 2.24) is 0 Å². The highest BCUT2D eigenvalue weighted by Crippen LogP contribution is 2.29. The summed E-state index contributed by atoms with van der Waals surface area (Å²) in [6.07, 6.45) is -3.79. The van der Waals surface area contributed by atoms with Crippen LogP contribution in [0, 0.1) is 0 Å². The van der Waals surface area contributed by atoms with Crippen LogP contribution in [0.4, 0.5) is 26.3 Å². The third kappa shape index (κ3) is 12.5. The lowest BCUT2D eigenvalue weighted by Gasteiger charge is -1.98. The van der Waals surface area contributed by atoms with Crippen LogP contribution in [0.25, 0.3) is 6.08 Å². The molecule has 6 heteroatoms. The SMILES string of the molecule is C=CC=C.C=Cc1ccccc1.FC(F)=C(F)C(F)(F)F. The first-order valence-electron chi connectivity index (χ1n) is 5.39. The number of halogens is 6. The van der Waals surface area contributed by atoms with Gasteiger partial charge in [0.15, 0.2) is 0 Å². The minimum Gasteiger partial charge on any atom is -0.196 e. The van der Waals surface area contributed by atoms with Gasteiger partial charge in [-0.05, 0) is 5.56 Å². The molecule has 1 rings (SSSR count). The number of hydrogen-bond acceptors (Lipinski definition) is 0. The number of alkyl halides is 3. The van der Waals surface area contributed by atoms with Crippen molar-refractivity contribution in [1.29, 1.82) is 0 Å². The van der Waals surface area contributed by atoms with E-state index in [0.717, 1.165) is 0 Å². The van der Waals surface area contributed by atoms with Crippen molar-refractivity contribution in [2.45, 2.75) is 6.18 Å². The van der Waals surface area contributed by atoms with Crippen LogP contribution in [-0.4, -0.2) is 6.18 Å². The van der Waals surface area contributed by atoms with E-state index in [4.69, 9.17) is 0 Å². The molecule has 0 unspecified atom stereocenters. The Kier molecular flexibility index (Phi) is 11.6. The zero-order valence-corrected chi connectivity index (χ0v) is 11.0. The maximum atomic E-state index is 11.0. The summed E-state index contributed by atoms with van der Waals surface area (Å²) in [6, 6.07) is 10.0. The first-order valence-corrected chi connectivity index (χ1v) is 5.39. The van der Waals surface area contributed by atoms with E-state index < -0.39 is 18.1 Å². The second-order valence-electron chi connectivity index (χ2n) is 3.16. The zero-order valence-electron chi connectivity index (χ0n) is 11.0. The number of benzene rings is 1. The van der Waals surface area contributed by atoms with Crippen molar-refractivity contribution in [3.8, 4) is 0 Å². The molecular formula is C15H14F6. The molecule has 0 atom stereocenters. The molecule has 0 fully saturated rings. The van der Waals surface area contributed by atoms with Crippen LogP contribution in [0.15, 0.2) is 74.1 Å². The summed E-state index contributed by atoms with van der Waals surface area (Å²) in [6.45, 7) is 10.4. The van der Waals surface area contributed by atoms with Crippen LogP contribution < -0.4 is 0 Å². The second kappa shape index (κ2) is 11.6. The largest absolute Gasteiger partial charge is 0.448 e. The molecule has 1 aromatic rings. The third-order valence-electron chi connectivity index (χ3n) is 1.62. The molecule has 0 spiro atoms. The molecule has 0 bridgehead atoms. The Hall–Kier alpha value is -2.24. The van der Waals surface area contributed by atoms with Crippen LogP contribution in [0.5, 0.6) is 0 Å². The van der Waals surface area contributed by atoms with E-state index in [1.54, 1.807) is 12.2 Å². The zero-order chi connectivity index (χ0) is 16.9. The Bertz CT molecular complexity index is 447. The van der Waals surface area contributed by atoms with Crippen molar-refractivity contribution >= 4 is 6.08 Å². The highest BCUT2D eigenvalue weighted by atomic mass is 19.4. The van der Waals surface area contributed by atoms with Crippen molar-refractivity contribution in [2.75, 3.05) is 0 Å². The molecule has 21 heavy (non-hydrogen) atoms. The van der Waals surface area contributed by atoms with E-state index in [0.29, 0.717) is 0 Å². The molecule has 0 N–H and O–H groups in total. The average Bonchev–Trinajstić information content (AvgIpc) is 2.47. The van der Waals surface area contributed by atoms with Gasteiger partial charge in [0.2, 0.25) is 0 Å². The highest BCUT2D eigenvalue weighted by Gasteiger charge is 2.38. The molecule has 0 amide bonds. The lowest BCUT2D eigenvalue weighted by Crippen LogP contribution is -2.08. The van der Waals surface area contributed by atoms with Gasteiger partial charge in [0.05, 0.1) is 0 Å². The predicted molar refractivity (Wildman–Crippen MR) is 73.3 cm³/mol. The molecule has 0 heterocycles. The number of rotatable bonds is 2. The fourth-order valence-corrected chi connectivity index (χ4v) is 0.696. The van der Waals surface area contributed by atoms with Gasteiger partial charge in [0.1, 0.15) is 0 Å². The van der Waals surface area contributed by atoms with Crippen LogP contribution in [-0.2, 0) is 0 Å². The topological polar surface area (TPSA) is 0 Å². The minimum atomic E-state index is -5.56. The molecule has 0 radical (unpaired) electrons. The molecular weight excluding hydrogens is 294 g/mol. The normalized spacial score (nSPS) is 9.05. The van der Waals surface area contributed by atoms with E-state index in [2.05, 4.69) is 19.7 Å². The maximum Gasteiger partial charge on any atom is 0.448 e. The van der Waals surface area contributed by atoms with Gasteiger partial charge in [0, 0.05) is 0 Å². The Balaban J connectivity index is 0. The van der Waals surface area contributed by atoms with Crippen molar-refractivity contribution < 1.29 is 26.3 Å². The Morgan fingerprint density at radius 3 is 1.43 bits per heavy atom. The van der Waals surface area contributed by atoms with E-state index in [9.17, 15) is 26.3 Å². The molecule has 0 saturated carbocycles. The third-order valence-corrected chi connectivity index (χ3v) is 1.62. The van der Waals surface area contributed by atoms with Crippen molar-refractivity contribution in [3.63, 3.8) is 0 Å². The molecule has 0 saturated heterocycles. The molecule has 1 aromatic carbocycles. The quantitative estimate of drug-likeness (QED) is 0.443. The Morgan fingerprint density at radius 1 is 0.857 bits per heavy atom. The predicted octanol–water partition coefficient (Wildman–Crippen LogP) is 6.31. The fourth-order valence-electron chi connectivity index (χ4n) is 0.696. The summed E-state index contributed by atoms with van der Waals surface area (Å²) >= 11 is 0. The smallest absolute Gasteiger partial charge is 0.196 e. The lowest BCUT2D eigenvalue weighted by atomic mass is 10.2. The molecule has 116 valence electrons. The Labute approximate surface area is 119 Å². The summed E-state index contributed by atoms with van der Waals surface area (Å²) in [4.78, 5) is 0. The van der Waals surface area contributed by atoms with Gasteiger partial charge in [-0.1, -0.05) is 68.3 Å². The summed E-state index contributed by atoms with van der Waals surface area (Å²) in [7, 11) is 0. The van der Waals surface area contributed by atoms with Crippen LogP contribution in [0.2, 0.25) is 0 Å². The molecule has 0 nitrogen and oxygen atoms in total. The van der Waals surface area contributed by atoms with Gasteiger partial charge in [0.25, 0.3) is 5.83 Å². The van der Waals surface area contributed by atoms with Crippen LogP contribution in [0.3, 0.4) is 0 Å². The van der Waals surface area contributed by atoms with E-state index in [1.165, 1.54) is 5.56 Å². The first kappa shape index (κ1) is 21.1. The van der Waals surface area contributed by atoms with Gasteiger partial charge < -0.3 is 0 Å². The molecule has 0 aliphatic heterocycles. The molecule has 0 aromatic heterocycles. The molecule has 0 aliphatic carbocycles. The fraction of sp³-hybridized carbons (Fsp3) is 0.0667. The van der Waals surface area contributed by atoms with Crippen LogP contribution >= 0.6 is 0 Å². The highest BCUT2D eigenvalue weighted by molar-refractivity contribution is 5.45. The summed E-state index contributed by atoms with van der Waals surface area (Å²) < 4.78 is 64.8. The summed E-state index contributed by atoms with van der Waals surface area (Å²) in [5.41, 5.74) is 1.17. The van der Waals surface area contributed by atoms with Gasteiger partial charge in [-0.3, -0.25) is 0 Å². The maximum absolute atomic E-state index is 11.0. The number of allylic oxidation sites excluding steroid dienone is 3. The van der Waals surface area contributed by atoms with Crippen molar-refractivity contribution in [3.05, 3.63) is 79.7 Å². The van der Waals surface area contributed by atoms with Gasteiger partial charge in [-0.25, -0.2) is 0 Å². The summed E-state index contributed by atoms with van der Waals surface area (Å²) in [5, 5.41) is 0. The lowest BCUT2D eigenvalue weighted by molar-refractivity contribution is -0.113. The minimum absolute atomic E-state index is 1.17. The average molecular weight is 308 g/mol. The summed E-state index contributed by atoms with van der Waals surface area (Å²) in [5.74, 6) is -3.33. The van der Waals surface area contributed by atoms with E-state index in [1.807, 2.05) is 36.4 Å². The van der Waals surface area contributed by atoms with E-state index >= 15 is 0 Å².